The van der Waals surface area contributed by atoms with Crippen LogP contribution in [0.15, 0.2) is 0 Å². The fourth-order valence-electron chi connectivity index (χ4n) is 10.6. The molecule has 0 N–H and O–H groups in total. The third-order valence-corrected chi connectivity index (χ3v) is 15.6. The van der Waals surface area contributed by atoms with Gasteiger partial charge in [0.05, 0.1) is 0 Å². The van der Waals surface area contributed by atoms with E-state index >= 15 is 0 Å². The molecule has 1 atom stereocenters. The first-order valence-corrected chi connectivity index (χ1v) is 33.5. The maximum Gasteiger partial charge on any atom is 0.306 e. The van der Waals surface area contributed by atoms with Crippen LogP contribution in [0.5, 0.6) is 0 Å². The lowest BCUT2D eigenvalue weighted by Gasteiger charge is -2.18. The van der Waals surface area contributed by atoms with Gasteiger partial charge < -0.3 is 14.2 Å². The van der Waals surface area contributed by atoms with Crippen LogP contribution in [0.25, 0.3) is 0 Å². The van der Waals surface area contributed by atoms with Gasteiger partial charge in [-0.05, 0) is 19.3 Å². The minimum atomic E-state index is -0.762. The molecule has 0 radical (unpaired) electrons. The van der Waals surface area contributed by atoms with E-state index in [-0.39, 0.29) is 31.1 Å². The molecule has 6 nitrogen and oxygen atoms in total. The highest BCUT2D eigenvalue weighted by atomic mass is 16.6. The molecule has 0 fully saturated rings. The number of carbonyl (C=O) groups excluding carboxylic acids is 3. The average Bonchev–Trinajstić information content (AvgIpc) is 3.39. The number of esters is 3. The summed E-state index contributed by atoms with van der Waals surface area (Å²) >= 11 is 0. The van der Waals surface area contributed by atoms with Gasteiger partial charge in [-0.25, -0.2) is 0 Å². The fourth-order valence-corrected chi connectivity index (χ4v) is 10.6. The molecule has 1 unspecified atom stereocenters. The maximum absolute atomic E-state index is 12.9. The fraction of sp³-hybridized carbons (Fsp3) is 0.955. The van der Waals surface area contributed by atoms with Crippen LogP contribution < -0.4 is 0 Å². The summed E-state index contributed by atoms with van der Waals surface area (Å²) < 4.78 is 17.0. The predicted molar refractivity (Wildman–Crippen MR) is 317 cm³/mol. The van der Waals surface area contributed by atoms with E-state index in [2.05, 4.69) is 20.8 Å². The minimum absolute atomic E-state index is 0.0606. The van der Waals surface area contributed by atoms with E-state index in [1.54, 1.807) is 0 Å². The van der Waals surface area contributed by atoms with Crippen LogP contribution in [0.3, 0.4) is 0 Å². The van der Waals surface area contributed by atoms with Crippen molar-refractivity contribution in [3.05, 3.63) is 0 Å². The van der Waals surface area contributed by atoms with Crippen molar-refractivity contribution in [2.75, 3.05) is 13.2 Å². The Labute approximate surface area is 457 Å². The van der Waals surface area contributed by atoms with Crippen molar-refractivity contribution in [3.8, 4) is 0 Å². The highest BCUT2D eigenvalue weighted by Gasteiger charge is 2.19. The van der Waals surface area contributed by atoms with E-state index in [0.717, 1.165) is 57.8 Å². The van der Waals surface area contributed by atoms with Gasteiger partial charge in [0.2, 0.25) is 0 Å². The first kappa shape index (κ1) is 71.4. The zero-order valence-electron chi connectivity index (χ0n) is 50.0. The Hall–Kier alpha value is -1.59. The summed E-state index contributed by atoms with van der Waals surface area (Å²) in [6, 6.07) is 0. The van der Waals surface area contributed by atoms with Crippen LogP contribution in [-0.4, -0.2) is 37.2 Å². The van der Waals surface area contributed by atoms with Gasteiger partial charge in [0, 0.05) is 19.3 Å². The van der Waals surface area contributed by atoms with Crippen LogP contribution in [-0.2, 0) is 28.6 Å². The molecule has 0 aliphatic carbocycles. The largest absolute Gasteiger partial charge is 0.462 e. The summed E-state index contributed by atoms with van der Waals surface area (Å²) in [5, 5.41) is 0. The van der Waals surface area contributed by atoms with Crippen molar-refractivity contribution in [2.45, 2.75) is 399 Å². The van der Waals surface area contributed by atoms with Crippen molar-refractivity contribution >= 4 is 17.9 Å². The van der Waals surface area contributed by atoms with Gasteiger partial charge in [-0.1, -0.05) is 355 Å². The molecule has 0 bridgehead atoms. The molecule has 73 heavy (non-hydrogen) atoms. The monoisotopic (exact) mass is 1030 g/mol. The third-order valence-electron chi connectivity index (χ3n) is 15.6. The Kier molecular flexibility index (Phi) is 61.6. The zero-order chi connectivity index (χ0) is 52.9. The molecule has 0 aliphatic heterocycles. The van der Waals surface area contributed by atoms with Crippen molar-refractivity contribution in [3.63, 3.8) is 0 Å². The molecule has 434 valence electrons. The zero-order valence-corrected chi connectivity index (χ0v) is 50.0. The number of unbranched alkanes of at least 4 members (excludes halogenated alkanes) is 52. The lowest BCUT2D eigenvalue weighted by molar-refractivity contribution is -0.167. The first-order chi connectivity index (χ1) is 36.0. The average molecular weight is 1030 g/mol. The van der Waals surface area contributed by atoms with Crippen LogP contribution in [0.4, 0.5) is 0 Å². The molecular weight excluding hydrogens is 901 g/mol. The molecule has 0 aromatic carbocycles. The maximum atomic E-state index is 12.9. The smallest absolute Gasteiger partial charge is 0.306 e. The van der Waals surface area contributed by atoms with E-state index in [1.807, 2.05) is 0 Å². The number of rotatable bonds is 63. The SMILES string of the molecule is CCCCCCCCCCCCCCCCCCCCCCCCCCCCCC(=O)OCC(COC(=O)CCCCCCCCCCCCCCCC)OC(=O)CCCCCCCCCCCCCCCC. The topological polar surface area (TPSA) is 78.9 Å². The number of ether oxygens (including phenoxy) is 3. The first-order valence-electron chi connectivity index (χ1n) is 33.5. The second-order valence-corrected chi connectivity index (χ2v) is 23.1. The van der Waals surface area contributed by atoms with Crippen LogP contribution in [0.1, 0.15) is 393 Å². The normalized spacial score (nSPS) is 11.9. The molecule has 0 aromatic heterocycles. The van der Waals surface area contributed by atoms with Gasteiger partial charge in [0.15, 0.2) is 6.10 Å². The Bertz CT molecular complexity index is 1090. The van der Waals surface area contributed by atoms with Gasteiger partial charge >= 0.3 is 17.9 Å². The van der Waals surface area contributed by atoms with Gasteiger partial charge in [-0.15, -0.1) is 0 Å². The molecule has 0 aliphatic rings. The van der Waals surface area contributed by atoms with E-state index in [1.165, 1.54) is 295 Å². The van der Waals surface area contributed by atoms with E-state index < -0.39 is 6.10 Å². The van der Waals surface area contributed by atoms with Crippen LogP contribution in [0.2, 0.25) is 0 Å². The summed E-state index contributed by atoms with van der Waals surface area (Å²) in [6.07, 6.45) is 72.7. The van der Waals surface area contributed by atoms with Gasteiger partial charge in [0.1, 0.15) is 13.2 Å². The summed E-state index contributed by atoms with van der Waals surface area (Å²) in [6.45, 7) is 6.73. The molecule has 0 heterocycles. The summed E-state index contributed by atoms with van der Waals surface area (Å²) in [5.41, 5.74) is 0. The Morgan fingerprint density at radius 3 is 0.548 bits per heavy atom. The van der Waals surface area contributed by atoms with Crippen molar-refractivity contribution in [1.82, 2.24) is 0 Å². The molecule has 0 saturated carbocycles. The standard InChI is InChI=1S/C67H130O6/c1-4-7-10-13-16-19-22-25-28-29-30-31-32-33-34-35-36-37-38-39-40-43-45-48-51-54-57-60-66(69)72-63-64(73-67(70)61-58-55-52-49-46-42-27-24-21-18-15-12-9-6-3)62-71-65(68)59-56-53-50-47-44-41-26-23-20-17-14-11-8-5-2/h64H,4-63H2,1-3H3. The van der Waals surface area contributed by atoms with Crippen molar-refractivity contribution < 1.29 is 28.6 Å². The highest BCUT2D eigenvalue weighted by Crippen LogP contribution is 2.19. The molecule has 6 heteroatoms. The van der Waals surface area contributed by atoms with Gasteiger partial charge in [-0.3, -0.25) is 14.4 Å². The Balaban J connectivity index is 4.13. The Morgan fingerprint density at radius 1 is 0.219 bits per heavy atom. The molecule has 0 aromatic rings. The van der Waals surface area contributed by atoms with Crippen LogP contribution in [0, 0.1) is 0 Å². The number of hydrogen-bond donors (Lipinski definition) is 0. The molecule has 0 spiro atoms. The predicted octanol–water partition coefficient (Wildman–Crippen LogP) is 22.7. The lowest BCUT2D eigenvalue weighted by atomic mass is 10.0. The van der Waals surface area contributed by atoms with E-state index in [4.69, 9.17) is 14.2 Å². The van der Waals surface area contributed by atoms with Gasteiger partial charge in [-0.2, -0.15) is 0 Å². The van der Waals surface area contributed by atoms with E-state index in [9.17, 15) is 14.4 Å². The van der Waals surface area contributed by atoms with Crippen LogP contribution >= 0.6 is 0 Å². The third kappa shape index (κ3) is 61.1. The summed E-state index contributed by atoms with van der Waals surface area (Å²) in [4.78, 5) is 38.3. The number of carbonyl (C=O) groups is 3. The Morgan fingerprint density at radius 2 is 0.370 bits per heavy atom. The molecule has 0 rings (SSSR count). The van der Waals surface area contributed by atoms with Gasteiger partial charge in [0.25, 0.3) is 0 Å². The second-order valence-electron chi connectivity index (χ2n) is 23.1. The van der Waals surface area contributed by atoms with Crippen molar-refractivity contribution in [1.29, 1.82) is 0 Å². The molecular formula is C67H130O6. The molecule has 0 saturated heterocycles. The van der Waals surface area contributed by atoms with Crippen molar-refractivity contribution in [2.24, 2.45) is 0 Å². The quantitative estimate of drug-likeness (QED) is 0.0343. The lowest BCUT2D eigenvalue weighted by Crippen LogP contribution is -2.30. The molecule has 0 amide bonds. The summed E-state index contributed by atoms with van der Waals surface area (Å²) in [7, 11) is 0. The number of hydrogen-bond acceptors (Lipinski definition) is 6. The second kappa shape index (κ2) is 62.9. The highest BCUT2D eigenvalue weighted by molar-refractivity contribution is 5.71. The minimum Gasteiger partial charge on any atom is -0.462 e. The summed E-state index contributed by atoms with van der Waals surface area (Å²) in [5.74, 6) is -0.825. The van der Waals surface area contributed by atoms with E-state index in [0.29, 0.717) is 19.3 Å².